The minimum atomic E-state index is 0.921. The first kappa shape index (κ1) is 22.1. The van der Waals surface area contributed by atoms with Crippen LogP contribution in [0.15, 0.2) is 142 Å². The molecule has 0 bridgehead atoms. The average Bonchev–Trinajstić information content (AvgIpc) is 3.61. The second kappa shape index (κ2) is 7.99. The summed E-state index contributed by atoms with van der Waals surface area (Å²) in [6.07, 6.45) is 0. The van der Waals surface area contributed by atoms with E-state index in [0.29, 0.717) is 0 Å². The Labute approximate surface area is 240 Å². The van der Waals surface area contributed by atoms with Gasteiger partial charge in [-0.15, -0.1) is 0 Å². The highest BCUT2D eigenvalue weighted by molar-refractivity contribution is 6.28. The molecule has 0 unspecified atom stereocenters. The summed E-state index contributed by atoms with van der Waals surface area (Å²) in [6.45, 7) is 0. The maximum Gasteiger partial charge on any atom is 0.135 e. The van der Waals surface area contributed by atoms with Gasteiger partial charge in [-0.25, -0.2) is 0 Å². The second-order valence-electron chi connectivity index (χ2n) is 11.3. The summed E-state index contributed by atoms with van der Waals surface area (Å²) in [7, 11) is 0. The van der Waals surface area contributed by atoms with Crippen LogP contribution in [0.1, 0.15) is 0 Å². The number of para-hydroxylation sites is 2. The van der Waals surface area contributed by atoms with Crippen molar-refractivity contribution in [1.82, 2.24) is 0 Å². The topological polar surface area (TPSA) is 26.3 Å². The van der Waals surface area contributed by atoms with Gasteiger partial charge >= 0.3 is 0 Å². The van der Waals surface area contributed by atoms with Gasteiger partial charge in [0.25, 0.3) is 0 Å². The van der Waals surface area contributed by atoms with Gasteiger partial charge in [0.15, 0.2) is 0 Å². The van der Waals surface area contributed by atoms with Crippen molar-refractivity contribution in [2.75, 3.05) is 0 Å². The molecular weight excluding hydrogens is 512 g/mol. The third-order valence-electron chi connectivity index (χ3n) is 9.04. The highest BCUT2D eigenvalue weighted by Crippen LogP contribution is 2.44. The summed E-state index contributed by atoms with van der Waals surface area (Å²) in [5, 5.41) is 12.3. The van der Waals surface area contributed by atoms with E-state index in [1.54, 1.807) is 0 Å². The van der Waals surface area contributed by atoms with Gasteiger partial charge in [0, 0.05) is 21.5 Å². The molecule has 10 rings (SSSR count). The van der Waals surface area contributed by atoms with Crippen LogP contribution in [0.5, 0.6) is 0 Å². The molecule has 0 N–H and O–H groups in total. The van der Waals surface area contributed by atoms with Crippen molar-refractivity contribution in [3.63, 3.8) is 0 Å². The van der Waals surface area contributed by atoms with E-state index in [-0.39, 0.29) is 0 Å². The van der Waals surface area contributed by atoms with Crippen LogP contribution in [0.2, 0.25) is 0 Å². The molecule has 0 fully saturated rings. The molecule has 0 aliphatic carbocycles. The summed E-state index contributed by atoms with van der Waals surface area (Å²) in [5.41, 5.74) is 8.56. The maximum absolute atomic E-state index is 6.12. The van der Waals surface area contributed by atoms with Crippen molar-refractivity contribution < 1.29 is 8.83 Å². The fourth-order valence-corrected chi connectivity index (χ4v) is 7.09. The molecule has 0 aliphatic rings. The molecule has 0 saturated carbocycles. The zero-order valence-corrected chi connectivity index (χ0v) is 22.5. The molecule has 2 nitrogen and oxygen atoms in total. The largest absolute Gasteiger partial charge is 0.456 e. The number of hydrogen-bond donors (Lipinski definition) is 0. The number of fused-ring (bicyclic) bond motifs is 6. The molecule has 194 valence electrons. The van der Waals surface area contributed by atoms with Crippen molar-refractivity contribution in [2.45, 2.75) is 0 Å². The molecule has 0 atom stereocenters. The lowest BCUT2D eigenvalue weighted by atomic mass is 9.87. The molecule has 10 aromatic rings. The van der Waals surface area contributed by atoms with Crippen molar-refractivity contribution >= 4 is 76.2 Å². The molecule has 42 heavy (non-hydrogen) atoms. The average molecular weight is 535 g/mol. The van der Waals surface area contributed by atoms with E-state index in [2.05, 4.69) is 109 Å². The van der Waals surface area contributed by atoms with Crippen LogP contribution in [0.4, 0.5) is 0 Å². The minimum absolute atomic E-state index is 0.921. The predicted molar refractivity (Wildman–Crippen MR) is 176 cm³/mol. The Hall–Kier alpha value is -5.60. The normalized spacial score (nSPS) is 12.3. The van der Waals surface area contributed by atoms with Gasteiger partial charge in [0.2, 0.25) is 0 Å². The van der Waals surface area contributed by atoms with Crippen molar-refractivity contribution in [3.8, 4) is 22.3 Å². The summed E-state index contributed by atoms with van der Waals surface area (Å²) >= 11 is 0. The molecule has 2 heteroatoms. The van der Waals surface area contributed by atoms with E-state index in [1.807, 2.05) is 24.3 Å². The van der Waals surface area contributed by atoms with E-state index in [4.69, 9.17) is 8.83 Å². The van der Waals surface area contributed by atoms with Crippen molar-refractivity contribution in [3.05, 3.63) is 133 Å². The number of rotatable bonds is 2. The SMILES string of the molecule is c1ccc2c(c1)oc1ccc(-c3ccc4ccc5c(-c6ccc7oc8ccccc8c7c6)ccc6ccc3c4c65)cc12. The Balaban J connectivity index is 1.23. The molecule has 0 saturated heterocycles. The van der Waals surface area contributed by atoms with Crippen LogP contribution in [0, 0.1) is 0 Å². The second-order valence-corrected chi connectivity index (χ2v) is 11.3. The first-order chi connectivity index (χ1) is 20.8. The van der Waals surface area contributed by atoms with Gasteiger partial charge < -0.3 is 8.83 Å². The Kier molecular flexibility index (Phi) is 4.21. The van der Waals surface area contributed by atoms with Crippen LogP contribution >= 0.6 is 0 Å². The lowest BCUT2D eigenvalue weighted by Gasteiger charge is -2.16. The lowest BCUT2D eigenvalue weighted by molar-refractivity contribution is 0.668. The molecule has 2 aromatic heterocycles. The summed E-state index contributed by atoms with van der Waals surface area (Å²) in [4.78, 5) is 0. The molecule has 8 aromatic carbocycles. The molecule has 2 heterocycles. The lowest BCUT2D eigenvalue weighted by Crippen LogP contribution is -1.89. The van der Waals surface area contributed by atoms with E-state index in [0.717, 1.165) is 43.9 Å². The van der Waals surface area contributed by atoms with Crippen LogP contribution in [-0.4, -0.2) is 0 Å². The fourth-order valence-electron chi connectivity index (χ4n) is 7.09. The van der Waals surface area contributed by atoms with Crippen molar-refractivity contribution in [1.29, 1.82) is 0 Å². The zero-order valence-electron chi connectivity index (χ0n) is 22.5. The Morgan fingerprint density at radius 1 is 0.310 bits per heavy atom. The number of benzene rings is 8. The molecule has 0 spiro atoms. The van der Waals surface area contributed by atoms with Gasteiger partial charge in [-0.3, -0.25) is 0 Å². The Bertz CT molecular complexity index is 2500. The molecule has 0 radical (unpaired) electrons. The summed E-state index contributed by atoms with van der Waals surface area (Å²) in [5.74, 6) is 0. The number of furan rings is 2. The van der Waals surface area contributed by atoms with Crippen LogP contribution in [0.3, 0.4) is 0 Å². The quantitative estimate of drug-likeness (QED) is 0.206. The fraction of sp³-hybridized carbons (Fsp3) is 0. The van der Waals surface area contributed by atoms with Gasteiger partial charge in [-0.1, -0.05) is 97.1 Å². The van der Waals surface area contributed by atoms with E-state index in [9.17, 15) is 0 Å². The third kappa shape index (κ3) is 2.93. The van der Waals surface area contributed by atoms with Gasteiger partial charge in [-0.05, 0) is 91.0 Å². The number of hydrogen-bond acceptors (Lipinski definition) is 2. The standard InChI is InChI=1S/C40H22O2/c1-3-7-35-29(5-1)33-21-25(13-19-37(33)41-35)27-15-9-23-12-18-32-28(16-10-24-11-17-31(27)39(23)40(24)32)26-14-20-38-34(22-26)30-6-2-4-8-36(30)42-38/h1-22H. The predicted octanol–water partition coefficient (Wildman–Crippen LogP) is 11.7. The summed E-state index contributed by atoms with van der Waals surface area (Å²) < 4.78 is 12.2. The first-order valence-electron chi connectivity index (χ1n) is 14.3. The first-order valence-corrected chi connectivity index (χ1v) is 14.3. The highest BCUT2D eigenvalue weighted by Gasteiger charge is 2.17. The minimum Gasteiger partial charge on any atom is -0.456 e. The highest BCUT2D eigenvalue weighted by atomic mass is 16.3. The van der Waals surface area contributed by atoms with Gasteiger partial charge in [0.1, 0.15) is 22.3 Å². The monoisotopic (exact) mass is 534 g/mol. The summed E-state index contributed by atoms with van der Waals surface area (Å²) in [6, 6.07) is 47.9. The van der Waals surface area contributed by atoms with Crippen LogP contribution < -0.4 is 0 Å². The molecule has 0 amide bonds. The van der Waals surface area contributed by atoms with E-state index in [1.165, 1.54) is 54.6 Å². The third-order valence-corrected chi connectivity index (χ3v) is 9.04. The van der Waals surface area contributed by atoms with Gasteiger partial charge in [0.05, 0.1) is 0 Å². The maximum atomic E-state index is 6.12. The van der Waals surface area contributed by atoms with E-state index < -0.39 is 0 Å². The zero-order chi connectivity index (χ0) is 27.4. The molecular formula is C40H22O2. The molecule has 0 aliphatic heterocycles. The smallest absolute Gasteiger partial charge is 0.135 e. The van der Waals surface area contributed by atoms with Crippen LogP contribution in [-0.2, 0) is 0 Å². The van der Waals surface area contributed by atoms with Gasteiger partial charge in [-0.2, -0.15) is 0 Å². The van der Waals surface area contributed by atoms with Crippen LogP contribution in [0.25, 0.3) is 98.4 Å². The van der Waals surface area contributed by atoms with Crippen molar-refractivity contribution in [2.24, 2.45) is 0 Å². The van der Waals surface area contributed by atoms with E-state index >= 15 is 0 Å². The Morgan fingerprint density at radius 3 is 1.24 bits per heavy atom. The Morgan fingerprint density at radius 2 is 0.738 bits per heavy atom.